The number of amides is 2. The van der Waals surface area contributed by atoms with Gasteiger partial charge < -0.3 is 33.1 Å². The van der Waals surface area contributed by atoms with Gasteiger partial charge in [0.15, 0.2) is 0 Å². The fourth-order valence-corrected chi connectivity index (χ4v) is 3.90. The van der Waals surface area contributed by atoms with Crippen LogP contribution in [0.5, 0.6) is 0 Å². The second kappa shape index (κ2) is 7.91. The summed E-state index contributed by atoms with van der Waals surface area (Å²) in [7, 11) is 0. The van der Waals surface area contributed by atoms with E-state index in [1.165, 1.54) is 48.6 Å². The molecule has 10 heteroatoms. The van der Waals surface area contributed by atoms with Gasteiger partial charge in [-0.05, 0) is 53.1 Å². The Labute approximate surface area is 181 Å². The zero-order chi connectivity index (χ0) is 23.8. The number of allylic oxidation sites excluding steroid dienone is 3. The minimum Gasteiger partial charge on any atom is -0.480 e. The first-order chi connectivity index (χ1) is 15.0. The number of aliphatic carboxylic acids is 1. The zero-order valence-corrected chi connectivity index (χ0v) is 16.7. The largest absolute Gasteiger partial charge is 0.480 e. The molecule has 0 fully saturated rings. The normalized spacial score (nSPS) is 17.8. The zero-order valence-electron chi connectivity index (χ0n) is 16.7. The van der Waals surface area contributed by atoms with Gasteiger partial charge >= 0.3 is 11.9 Å². The third-order valence-corrected chi connectivity index (χ3v) is 5.35. The smallest absolute Gasteiger partial charge is 0.336 e. The lowest BCUT2D eigenvalue weighted by molar-refractivity contribution is -0.141. The number of nitrogens with two attached hydrogens (primary N) is 4. The van der Waals surface area contributed by atoms with Crippen molar-refractivity contribution in [3.8, 4) is 0 Å². The third kappa shape index (κ3) is 3.54. The highest BCUT2D eigenvalue weighted by molar-refractivity contribution is 6.08. The minimum absolute atomic E-state index is 0.0284. The quantitative estimate of drug-likeness (QED) is 0.356. The molecule has 164 valence electrons. The fourth-order valence-electron chi connectivity index (χ4n) is 3.90. The molecular formula is C22H20N4O6. The van der Waals surface area contributed by atoms with Crippen LogP contribution in [0.15, 0.2) is 54.2 Å². The number of nitrogen functional groups attached to an aromatic ring is 1. The summed E-state index contributed by atoms with van der Waals surface area (Å²) in [5, 5.41) is 20.2. The molecule has 1 aliphatic rings. The summed E-state index contributed by atoms with van der Waals surface area (Å²) >= 11 is 0. The molecule has 0 spiro atoms. The number of carboxylic acids is 2. The van der Waals surface area contributed by atoms with Crippen LogP contribution in [0.25, 0.3) is 5.57 Å². The van der Waals surface area contributed by atoms with Crippen molar-refractivity contribution in [3.63, 3.8) is 0 Å². The average Bonchev–Trinajstić information content (AvgIpc) is 2.72. The number of carbonyl (C=O) groups excluding carboxylic acids is 2. The first kappa shape index (κ1) is 22.1. The number of primary amides is 2. The van der Waals surface area contributed by atoms with Gasteiger partial charge in [-0.3, -0.25) is 14.4 Å². The summed E-state index contributed by atoms with van der Waals surface area (Å²) in [5.74, 6) is -4.57. The topological polar surface area (TPSA) is 213 Å². The Morgan fingerprint density at radius 2 is 1.53 bits per heavy atom. The Morgan fingerprint density at radius 3 is 2.09 bits per heavy atom. The lowest BCUT2D eigenvalue weighted by atomic mass is 9.64. The van der Waals surface area contributed by atoms with Crippen LogP contribution < -0.4 is 22.9 Å². The highest BCUT2D eigenvalue weighted by Crippen LogP contribution is 2.47. The number of aromatic carboxylic acids is 1. The van der Waals surface area contributed by atoms with Crippen molar-refractivity contribution < 1.29 is 29.4 Å². The van der Waals surface area contributed by atoms with Gasteiger partial charge in [0.05, 0.1) is 5.56 Å². The van der Waals surface area contributed by atoms with Crippen molar-refractivity contribution in [2.24, 2.45) is 17.2 Å². The van der Waals surface area contributed by atoms with Gasteiger partial charge in [-0.25, -0.2) is 4.79 Å². The van der Waals surface area contributed by atoms with Crippen molar-refractivity contribution >= 4 is 35.0 Å². The van der Waals surface area contributed by atoms with Crippen molar-refractivity contribution in [1.29, 1.82) is 0 Å². The van der Waals surface area contributed by atoms with Gasteiger partial charge in [0.25, 0.3) is 0 Å². The van der Waals surface area contributed by atoms with Crippen LogP contribution in [0.2, 0.25) is 0 Å². The fraction of sp³-hybridized carbons (Fsp3) is 0.0909. The van der Waals surface area contributed by atoms with Gasteiger partial charge in [-0.2, -0.15) is 0 Å². The molecule has 0 bridgehead atoms. The molecule has 2 amide bonds. The lowest BCUT2D eigenvalue weighted by Crippen LogP contribution is -2.42. The van der Waals surface area contributed by atoms with E-state index in [1.807, 2.05) is 0 Å². The second-order valence-corrected chi connectivity index (χ2v) is 7.31. The van der Waals surface area contributed by atoms with E-state index in [0.717, 1.165) is 0 Å². The van der Waals surface area contributed by atoms with Crippen LogP contribution in [0.1, 0.15) is 48.6 Å². The highest BCUT2D eigenvalue weighted by Gasteiger charge is 2.49. The molecule has 3 rings (SSSR count). The molecule has 0 saturated carbocycles. The molecule has 0 aromatic heterocycles. The molecule has 1 unspecified atom stereocenters. The van der Waals surface area contributed by atoms with Gasteiger partial charge in [-0.1, -0.05) is 12.1 Å². The molecule has 0 radical (unpaired) electrons. The van der Waals surface area contributed by atoms with Crippen molar-refractivity contribution in [2.75, 3.05) is 5.73 Å². The molecule has 10 nitrogen and oxygen atoms in total. The molecule has 2 aromatic carbocycles. The summed E-state index contributed by atoms with van der Waals surface area (Å²) < 4.78 is 0. The van der Waals surface area contributed by atoms with Crippen molar-refractivity contribution in [3.05, 3.63) is 82.1 Å². The molecule has 0 heterocycles. The summed E-state index contributed by atoms with van der Waals surface area (Å²) in [5.41, 5.74) is 20.3. The van der Waals surface area contributed by atoms with E-state index in [0.29, 0.717) is 0 Å². The Morgan fingerprint density at radius 1 is 0.844 bits per heavy atom. The number of carbonyl (C=O) groups is 4. The summed E-state index contributed by atoms with van der Waals surface area (Å²) in [4.78, 5) is 48.8. The van der Waals surface area contributed by atoms with E-state index in [9.17, 15) is 29.4 Å². The monoisotopic (exact) mass is 436 g/mol. The third-order valence-electron chi connectivity index (χ3n) is 5.35. The van der Waals surface area contributed by atoms with E-state index in [4.69, 9.17) is 22.9 Å². The van der Waals surface area contributed by atoms with Gasteiger partial charge in [0, 0.05) is 28.9 Å². The van der Waals surface area contributed by atoms with E-state index >= 15 is 0 Å². The number of hydrogen-bond donors (Lipinski definition) is 6. The Bertz CT molecular complexity index is 1250. The van der Waals surface area contributed by atoms with Gasteiger partial charge in [0.1, 0.15) is 5.41 Å². The molecular weight excluding hydrogens is 416 g/mol. The summed E-state index contributed by atoms with van der Waals surface area (Å²) in [6.07, 6.45) is 2.49. The van der Waals surface area contributed by atoms with Crippen molar-refractivity contribution in [2.45, 2.75) is 11.8 Å². The Balaban J connectivity index is 2.46. The van der Waals surface area contributed by atoms with Crippen LogP contribution in [-0.4, -0.2) is 34.0 Å². The molecule has 0 saturated heterocycles. The summed E-state index contributed by atoms with van der Waals surface area (Å²) in [6, 6.07) is 7.61. The lowest BCUT2D eigenvalue weighted by Gasteiger charge is -2.37. The van der Waals surface area contributed by atoms with Crippen LogP contribution in [0.4, 0.5) is 5.69 Å². The van der Waals surface area contributed by atoms with Crippen LogP contribution in [-0.2, 0) is 10.2 Å². The maximum atomic E-state index is 12.8. The van der Waals surface area contributed by atoms with E-state index in [-0.39, 0.29) is 51.2 Å². The van der Waals surface area contributed by atoms with E-state index in [2.05, 4.69) is 0 Å². The predicted molar refractivity (Wildman–Crippen MR) is 115 cm³/mol. The molecule has 0 aliphatic heterocycles. The van der Waals surface area contributed by atoms with E-state index < -0.39 is 29.2 Å². The SMILES string of the molecule is NC(=O)c1ccc(C(N)=O)c(C2(C(=O)O)CC(N)=CC=C2c2ccc(N)cc2C(=O)O)c1. The Kier molecular flexibility index (Phi) is 5.46. The summed E-state index contributed by atoms with van der Waals surface area (Å²) in [6.45, 7) is 0. The number of anilines is 1. The minimum atomic E-state index is -2.05. The number of rotatable bonds is 6. The maximum Gasteiger partial charge on any atom is 0.336 e. The maximum absolute atomic E-state index is 12.8. The van der Waals surface area contributed by atoms with Crippen LogP contribution in [0.3, 0.4) is 0 Å². The molecule has 1 atom stereocenters. The van der Waals surface area contributed by atoms with Gasteiger partial charge in [0.2, 0.25) is 11.8 Å². The van der Waals surface area contributed by atoms with Crippen LogP contribution >= 0.6 is 0 Å². The highest BCUT2D eigenvalue weighted by atomic mass is 16.4. The van der Waals surface area contributed by atoms with Crippen LogP contribution in [0, 0.1) is 0 Å². The standard InChI is InChI=1S/C22H20N4O6/c23-11-2-5-13(15(8-11)20(29)30)16-6-3-12(24)9-22(16,21(31)32)17-7-10(18(25)27)1-4-14(17)19(26)28/h1-8H,9,23-24H2,(H2,25,27)(H2,26,28)(H,29,30)(H,31,32). The number of hydrogen-bond acceptors (Lipinski definition) is 6. The number of carboxylic acid groups (broad SMARTS) is 2. The second-order valence-electron chi connectivity index (χ2n) is 7.31. The van der Waals surface area contributed by atoms with Gasteiger partial charge in [-0.15, -0.1) is 0 Å². The first-order valence-electron chi connectivity index (χ1n) is 9.26. The molecule has 1 aliphatic carbocycles. The van der Waals surface area contributed by atoms with E-state index in [1.54, 1.807) is 0 Å². The predicted octanol–water partition coefficient (Wildman–Crippen LogP) is 0.817. The number of benzene rings is 2. The first-order valence-corrected chi connectivity index (χ1v) is 9.26. The molecule has 32 heavy (non-hydrogen) atoms. The Hall–Kier alpha value is -4.60. The van der Waals surface area contributed by atoms with Crippen molar-refractivity contribution in [1.82, 2.24) is 0 Å². The molecule has 10 N–H and O–H groups in total. The average molecular weight is 436 g/mol. The molecule has 2 aromatic rings.